The van der Waals surface area contributed by atoms with Gasteiger partial charge >= 0.3 is 5.97 Å². The maximum absolute atomic E-state index is 12.2. The molecule has 0 aliphatic carbocycles. The molecular formula is C13H18N2O5. The molecule has 1 aromatic rings. The molecule has 1 aromatic heterocycles. The van der Waals surface area contributed by atoms with Crippen molar-refractivity contribution in [3.8, 4) is 0 Å². The van der Waals surface area contributed by atoms with Crippen molar-refractivity contribution in [1.82, 2.24) is 10.1 Å². The Morgan fingerprint density at radius 1 is 1.60 bits per heavy atom. The minimum absolute atomic E-state index is 0.0214. The number of hydrogen-bond donors (Lipinski definition) is 1. The van der Waals surface area contributed by atoms with E-state index in [1.54, 1.807) is 6.07 Å². The summed E-state index contributed by atoms with van der Waals surface area (Å²) in [6.07, 6.45) is -0.0802. The molecule has 0 bridgehead atoms. The third-order valence-electron chi connectivity index (χ3n) is 3.49. The van der Waals surface area contributed by atoms with Crippen LogP contribution >= 0.6 is 0 Å². The van der Waals surface area contributed by atoms with E-state index in [0.29, 0.717) is 6.54 Å². The molecule has 7 heteroatoms. The quantitative estimate of drug-likeness (QED) is 0.889. The van der Waals surface area contributed by atoms with Gasteiger partial charge in [-0.15, -0.1) is 0 Å². The van der Waals surface area contributed by atoms with Gasteiger partial charge in [0.25, 0.3) is 5.91 Å². The van der Waals surface area contributed by atoms with E-state index in [4.69, 9.17) is 14.4 Å². The molecule has 1 saturated heterocycles. The Morgan fingerprint density at radius 3 is 3.00 bits per heavy atom. The zero-order chi connectivity index (χ0) is 14.7. The van der Waals surface area contributed by atoms with Crippen LogP contribution in [-0.2, 0) is 9.53 Å². The predicted octanol–water partition coefficient (Wildman–Crippen LogP) is 1.11. The molecular weight excluding hydrogens is 264 g/mol. The molecule has 110 valence electrons. The SMILES string of the molecule is CC[C@@H](C)c1cc(C(=O)N2CCO[C@H](C(=O)O)C2)on1. The van der Waals surface area contributed by atoms with Crippen LogP contribution in [0.1, 0.15) is 42.4 Å². The molecule has 1 aliphatic rings. The van der Waals surface area contributed by atoms with Gasteiger partial charge in [0.05, 0.1) is 18.8 Å². The minimum atomic E-state index is -1.07. The van der Waals surface area contributed by atoms with Crippen molar-refractivity contribution in [3.05, 3.63) is 17.5 Å². The van der Waals surface area contributed by atoms with Crippen LogP contribution in [0.3, 0.4) is 0 Å². The molecule has 0 spiro atoms. The molecule has 2 rings (SSSR count). The summed E-state index contributed by atoms with van der Waals surface area (Å²) < 4.78 is 10.1. The van der Waals surface area contributed by atoms with Gasteiger partial charge in [-0.3, -0.25) is 4.79 Å². The van der Waals surface area contributed by atoms with E-state index in [2.05, 4.69) is 5.16 Å². The zero-order valence-electron chi connectivity index (χ0n) is 11.5. The molecule has 20 heavy (non-hydrogen) atoms. The molecule has 0 saturated carbocycles. The molecule has 7 nitrogen and oxygen atoms in total. The normalized spacial score (nSPS) is 20.7. The van der Waals surface area contributed by atoms with E-state index in [1.807, 2.05) is 13.8 Å². The fourth-order valence-corrected chi connectivity index (χ4v) is 1.97. The van der Waals surface area contributed by atoms with Crippen molar-refractivity contribution in [2.45, 2.75) is 32.3 Å². The van der Waals surface area contributed by atoms with Crippen LogP contribution in [0.15, 0.2) is 10.6 Å². The Bertz CT molecular complexity index is 499. The maximum atomic E-state index is 12.2. The van der Waals surface area contributed by atoms with Crippen LogP contribution < -0.4 is 0 Å². The summed E-state index contributed by atoms with van der Waals surface area (Å²) >= 11 is 0. The lowest BCUT2D eigenvalue weighted by molar-refractivity contribution is -0.154. The van der Waals surface area contributed by atoms with E-state index < -0.39 is 12.1 Å². The molecule has 0 radical (unpaired) electrons. The molecule has 1 amide bonds. The fraction of sp³-hybridized carbons (Fsp3) is 0.615. The summed E-state index contributed by atoms with van der Waals surface area (Å²) in [5.41, 5.74) is 0.735. The Kier molecular flexibility index (Phi) is 4.39. The van der Waals surface area contributed by atoms with E-state index in [9.17, 15) is 9.59 Å². The van der Waals surface area contributed by atoms with Crippen molar-refractivity contribution in [2.75, 3.05) is 19.7 Å². The Labute approximate surface area is 116 Å². The van der Waals surface area contributed by atoms with E-state index in [1.165, 1.54) is 4.90 Å². The average molecular weight is 282 g/mol. The number of aliphatic carboxylic acids is 1. The molecule has 1 aliphatic heterocycles. The fourth-order valence-electron chi connectivity index (χ4n) is 1.97. The molecule has 1 N–H and O–H groups in total. The molecule has 2 atom stereocenters. The van der Waals surface area contributed by atoms with Crippen LogP contribution in [0.2, 0.25) is 0 Å². The zero-order valence-corrected chi connectivity index (χ0v) is 11.5. The van der Waals surface area contributed by atoms with Gasteiger partial charge in [-0.25, -0.2) is 4.79 Å². The highest BCUT2D eigenvalue weighted by Crippen LogP contribution is 2.19. The number of rotatable bonds is 4. The Hall–Kier alpha value is -1.89. The highest BCUT2D eigenvalue weighted by atomic mass is 16.5. The van der Waals surface area contributed by atoms with E-state index in [-0.39, 0.29) is 30.7 Å². The largest absolute Gasteiger partial charge is 0.479 e. The second-order valence-electron chi connectivity index (χ2n) is 4.87. The first-order chi connectivity index (χ1) is 9.52. The van der Waals surface area contributed by atoms with Crippen molar-refractivity contribution in [1.29, 1.82) is 0 Å². The van der Waals surface area contributed by atoms with Crippen molar-refractivity contribution < 1.29 is 24.0 Å². The van der Waals surface area contributed by atoms with Gasteiger partial charge in [0.1, 0.15) is 0 Å². The average Bonchev–Trinajstić information content (AvgIpc) is 2.95. The lowest BCUT2D eigenvalue weighted by atomic mass is 10.1. The number of nitrogens with zero attached hydrogens (tertiary/aromatic N) is 2. The van der Waals surface area contributed by atoms with Gasteiger partial charge in [0.15, 0.2) is 6.10 Å². The first-order valence-corrected chi connectivity index (χ1v) is 6.63. The molecule has 2 heterocycles. The number of hydrogen-bond acceptors (Lipinski definition) is 5. The third kappa shape index (κ3) is 2.98. The smallest absolute Gasteiger partial charge is 0.334 e. The molecule has 0 aromatic carbocycles. The van der Waals surface area contributed by atoms with Gasteiger partial charge in [-0.2, -0.15) is 0 Å². The van der Waals surface area contributed by atoms with E-state index >= 15 is 0 Å². The van der Waals surface area contributed by atoms with Crippen molar-refractivity contribution in [3.63, 3.8) is 0 Å². The Balaban J connectivity index is 2.07. The van der Waals surface area contributed by atoms with Crippen LogP contribution in [0.4, 0.5) is 0 Å². The maximum Gasteiger partial charge on any atom is 0.334 e. The summed E-state index contributed by atoms with van der Waals surface area (Å²) in [5.74, 6) is -1.05. The molecule has 0 unspecified atom stereocenters. The second-order valence-corrected chi connectivity index (χ2v) is 4.87. The second kappa shape index (κ2) is 6.04. The number of aromatic nitrogens is 1. The van der Waals surface area contributed by atoms with Gasteiger partial charge in [-0.05, 0) is 6.42 Å². The first kappa shape index (κ1) is 14.5. The summed E-state index contributed by atoms with van der Waals surface area (Å²) in [4.78, 5) is 24.5. The van der Waals surface area contributed by atoms with Crippen LogP contribution in [-0.4, -0.2) is 52.8 Å². The minimum Gasteiger partial charge on any atom is -0.479 e. The van der Waals surface area contributed by atoms with Crippen LogP contribution in [0.5, 0.6) is 0 Å². The van der Waals surface area contributed by atoms with Gasteiger partial charge < -0.3 is 19.3 Å². The van der Waals surface area contributed by atoms with Gasteiger partial charge in [0, 0.05) is 18.5 Å². The van der Waals surface area contributed by atoms with Crippen molar-refractivity contribution >= 4 is 11.9 Å². The number of carboxylic acids is 1. The summed E-state index contributed by atoms with van der Waals surface area (Å²) in [7, 11) is 0. The summed E-state index contributed by atoms with van der Waals surface area (Å²) in [6, 6.07) is 1.63. The molecule has 1 fully saturated rings. The number of morpholine rings is 1. The number of carboxylic acid groups (broad SMARTS) is 1. The van der Waals surface area contributed by atoms with Gasteiger partial charge in [0.2, 0.25) is 5.76 Å². The highest BCUT2D eigenvalue weighted by Gasteiger charge is 2.31. The topological polar surface area (TPSA) is 92.9 Å². The highest BCUT2D eigenvalue weighted by molar-refractivity contribution is 5.92. The lowest BCUT2D eigenvalue weighted by Crippen LogP contribution is -2.48. The third-order valence-corrected chi connectivity index (χ3v) is 3.49. The Morgan fingerprint density at radius 2 is 2.35 bits per heavy atom. The van der Waals surface area contributed by atoms with Crippen molar-refractivity contribution in [2.24, 2.45) is 0 Å². The number of carbonyl (C=O) groups is 2. The monoisotopic (exact) mass is 282 g/mol. The van der Waals surface area contributed by atoms with Crippen LogP contribution in [0, 0.1) is 0 Å². The summed E-state index contributed by atoms with van der Waals surface area (Å²) in [5, 5.41) is 12.8. The number of ether oxygens (including phenoxy) is 1. The predicted molar refractivity (Wildman–Crippen MR) is 68.5 cm³/mol. The van der Waals surface area contributed by atoms with Gasteiger partial charge in [-0.1, -0.05) is 19.0 Å². The number of amides is 1. The standard InChI is InChI=1S/C13H18N2O5/c1-3-8(2)9-6-10(20-14-9)12(16)15-4-5-19-11(7-15)13(17)18/h6,8,11H,3-5,7H2,1-2H3,(H,17,18)/t8-,11+/m1/s1. The summed E-state index contributed by atoms with van der Waals surface area (Å²) in [6.45, 7) is 4.60. The van der Waals surface area contributed by atoms with E-state index in [0.717, 1.165) is 12.1 Å². The van der Waals surface area contributed by atoms with Crippen LogP contribution in [0.25, 0.3) is 0 Å². The number of carbonyl (C=O) groups excluding carboxylic acids is 1. The first-order valence-electron chi connectivity index (χ1n) is 6.63. The lowest BCUT2D eigenvalue weighted by Gasteiger charge is -2.29.